The van der Waals surface area contributed by atoms with Crippen molar-refractivity contribution in [3.05, 3.63) is 71.0 Å². The lowest BCUT2D eigenvalue weighted by atomic mass is 9.94. The Morgan fingerprint density at radius 2 is 1.70 bits per heavy atom. The molecule has 196 valence electrons. The van der Waals surface area contributed by atoms with Crippen LogP contribution in [0.3, 0.4) is 0 Å². The zero-order valence-electron chi connectivity index (χ0n) is 18.3. The minimum atomic E-state index is -4.89. The molecule has 2 heterocycles. The Morgan fingerprint density at radius 3 is 2.35 bits per heavy atom. The molecule has 0 bridgehead atoms. The van der Waals surface area contributed by atoms with Crippen LogP contribution in [0, 0.1) is 5.82 Å². The summed E-state index contributed by atoms with van der Waals surface area (Å²) >= 11 is 0. The maximum absolute atomic E-state index is 13.8. The van der Waals surface area contributed by atoms with Crippen LogP contribution >= 0.6 is 0 Å². The largest absolute Gasteiger partial charge is 0.586 e. The zero-order chi connectivity index (χ0) is 26.8. The lowest BCUT2D eigenvalue weighted by Gasteiger charge is -2.18. The Balaban J connectivity index is 0.00000210. The minimum absolute atomic E-state index is 0. The molecule has 0 spiro atoms. The molecular formula is C24H18F6N2O5. The minimum Gasteiger partial charge on any atom is -0.478 e. The Kier molecular flexibility index (Phi) is 5.35. The predicted octanol–water partition coefficient (Wildman–Crippen LogP) is 6.09. The molecule has 37 heavy (non-hydrogen) atoms. The molecule has 1 saturated carbocycles. The zero-order valence-corrected chi connectivity index (χ0v) is 18.3. The van der Waals surface area contributed by atoms with E-state index in [-0.39, 0.29) is 25.7 Å². The number of aromatic carboxylic acids is 1. The molecule has 0 saturated heterocycles. The van der Waals surface area contributed by atoms with Crippen molar-refractivity contribution in [2.75, 3.05) is 5.32 Å². The number of hydrogen-bond donors (Lipinski definition) is 2. The SMILES string of the molecule is O=C(O)c1cc(-c2nc(NC(=O)C3(c4ccc5c(c4)OC(F)(F)O5)CC3)ccc2C(F)(F)F)ccc1F.[HH].[HH]. The quantitative estimate of drug-likeness (QED) is 0.389. The molecule has 1 aromatic heterocycles. The van der Waals surface area contributed by atoms with Gasteiger partial charge in [-0.05, 0) is 60.9 Å². The number of alkyl halides is 5. The van der Waals surface area contributed by atoms with Gasteiger partial charge in [0.05, 0.1) is 22.2 Å². The fourth-order valence-electron chi connectivity index (χ4n) is 4.07. The molecule has 0 radical (unpaired) electrons. The third kappa shape index (κ3) is 4.41. The number of nitrogens with one attached hydrogen (secondary N) is 1. The van der Waals surface area contributed by atoms with Gasteiger partial charge in [0.25, 0.3) is 0 Å². The Morgan fingerprint density at radius 1 is 1.00 bits per heavy atom. The summed E-state index contributed by atoms with van der Waals surface area (Å²) in [6, 6.07) is 7.80. The highest BCUT2D eigenvalue weighted by Crippen LogP contribution is 2.52. The van der Waals surface area contributed by atoms with Gasteiger partial charge in [-0.1, -0.05) is 6.07 Å². The van der Waals surface area contributed by atoms with Gasteiger partial charge < -0.3 is 19.9 Å². The number of carboxylic acids is 1. The molecule has 0 atom stereocenters. The fourth-order valence-corrected chi connectivity index (χ4v) is 4.07. The highest BCUT2D eigenvalue weighted by atomic mass is 19.4. The van der Waals surface area contributed by atoms with Crippen molar-refractivity contribution in [3.8, 4) is 22.8 Å². The third-order valence-electron chi connectivity index (χ3n) is 6.05. The lowest BCUT2D eigenvalue weighted by Crippen LogP contribution is -2.28. The van der Waals surface area contributed by atoms with Gasteiger partial charge >= 0.3 is 18.4 Å². The van der Waals surface area contributed by atoms with Crippen molar-refractivity contribution in [3.63, 3.8) is 0 Å². The number of carbonyl (C=O) groups is 2. The van der Waals surface area contributed by atoms with Crippen molar-refractivity contribution >= 4 is 17.7 Å². The number of hydrogen-bond acceptors (Lipinski definition) is 5. The summed E-state index contributed by atoms with van der Waals surface area (Å²) in [5.74, 6) is -4.24. The first-order valence-electron chi connectivity index (χ1n) is 10.6. The molecule has 2 N–H and O–H groups in total. The van der Waals surface area contributed by atoms with E-state index in [0.29, 0.717) is 36.6 Å². The van der Waals surface area contributed by atoms with Gasteiger partial charge in [0.15, 0.2) is 11.5 Å². The summed E-state index contributed by atoms with van der Waals surface area (Å²) in [7, 11) is 0. The summed E-state index contributed by atoms with van der Waals surface area (Å²) < 4.78 is 90.2. The van der Waals surface area contributed by atoms with E-state index in [1.165, 1.54) is 18.2 Å². The van der Waals surface area contributed by atoms with E-state index >= 15 is 0 Å². The van der Waals surface area contributed by atoms with E-state index in [1.54, 1.807) is 0 Å². The number of carboxylic acid groups (broad SMARTS) is 1. The molecule has 0 unspecified atom stereocenters. The van der Waals surface area contributed by atoms with E-state index in [9.17, 15) is 35.9 Å². The molecule has 3 aromatic rings. The summed E-state index contributed by atoms with van der Waals surface area (Å²) in [6.07, 6.45) is -8.10. The van der Waals surface area contributed by atoms with Crippen LogP contribution in [-0.4, -0.2) is 28.3 Å². The van der Waals surface area contributed by atoms with Crippen molar-refractivity contribution < 1.29 is 53.4 Å². The molecule has 1 aliphatic carbocycles. The van der Waals surface area contributed by atoms with Crippen molar-refractivity contribution in [1.82, 2.24) is 4.98 Å². The van der Waals surface area contributed by atoms with E-state index in [2.05, 4.69) is 19.8 Å². The van der Waals surface area contributed by atoms with Gasteiger partial charge in [-0.2, -0.15) is 13.2 Å². The van der Waals surface area contributed by atoms with Crippen LogP contribution in [0.5, 0.6) is 11.5 Å². The molecular weight excluding hydrogens is 510 g/mol. The van der Waals surface area contributed by atoms with Gasteiger partial charge in [0, 0.05) is 8.42 Å². The lowest BCUT2D eigenvalue weighted by molar-refractivity contribution is -0.286. The number of benzene rings is 2. The van der Waals surface area contributed by atoms with Gasteiger partial charge in [-0.3, -0.25) is 4.79 Å². The molecule has 2 aromatic carbocycles. The standard InChI is InChI=1S/C24H14F6N2O5.2H2/c25-15-4-1-11(9-13(15)20(33)34)19-14(23(26,27)28)3-6-18(31-19)32-21(35)22(7-8-22)12-2-5-16-17(10-12)37-24(29,30)36-16;;/h1-6,9-10H,7-8H2,(H,33,34)(H,31,32,35);2*1H. The second-order valence-corrected chi connectivity index (χ2v) is 8.46. The highest BCUT2D eigenvalue weighted by Gasteiger charge is 2.53. The third-order valence-corrected chi connectivity index (χ3v) is 6.05. The Bertz CT molecular complexity index is 1460. The normalized spacial score (nSPS) is 16.8. The van der Waals surface area contributed by atoms with Crippen molar-refractivity contribution in [1.29, 1.82) is 0 Å². The molecule has 1 amide bonds. The van der Waals surface area contributed by atoms with E-state index in [0.717, 1.165) is 12.1 Å². The summed E-state index contributed by atoms with van der Waals surface area (Å²) in [6.45, 7) is 0. The first-order chi connectivity index (χ1) is 17.3. The number of carbonyl (C=O) groups excluding carboxylic acids is 1. The Hall–Kier alpha value is -4.29. The smallest absolute Gasteiger partial charge is 0.478 e. The van der Waals surface area contributed by atoms with Gasteiger partial charge in [-0.25, -0.2) is 14.2 Å². The number of rotatable bonds is 5. The monoisotopic (exact) mass is 528 g/mol. The van der Waals surface area contributed by atoms with Gasteiger partial charge in [0.1, 0.15) is 11.6 Å². The van der Waals surface area contributed by atoms with Crippen LogP contribution in [-0.2, 0) is 16.4 Å². The predicted molar refractivity (Wildman–Crippen MR) is 118 cm³/mol. The molecule has 2 aliphatic rings. The number of fused-ring (bicyclic) bond motifs is 1. The summed E-state index contributed by atoms with van der Waals surface area (Å²) in [4.78, 5) is 28.3. The van der Waals surface area contributed by atoms with Crippen LogP contribution < -0.4 is 14.8 Å². The van der Waals surface area contributed by atoms with Gasteiger partial charge in [0.2, 0.25) is 5.91 Å². The van der Waals surface area contributed by atoms with E-state index in [4.69, 9.17) is 5.11 Å². The second kappa shape index (κ2) is 8.11. The number of pyridine rings is 1. The topological polar surface area (TPSA) is 97.8 Å². The van der Waals surface area contributed by atoms with Crippen LogP contribution in [0.2, 0.25) is 0 Å². The first kappa shape index (κ1) is 24.4. The highest BCUT2D eigenvalue weighted by molar-refractivity contribution is 6.01. The first-order valence-corrected chi connectivity index (χ1v) is 10.6. The number of amides is 1. The molecule has 7 nitrogen and oxygen atoms in total. The van der Waals surface area contributed by atoms with E-state index in [1.807, 2.05) is 0 Å². The maximum atomic E-state index is 13.8. The van der Waals surface area contributed by atoms with Crippen LogP contribution in [0.4, 0.5) is 32.2 Å². The molecule has 13 heteroatoms. The van der Waals surface area contributed by atoms with Crippen LogP contribution in [0.25, 0.3) is 11.3 Å². The van der Waals surface area contributed by atoms with Crippen molar-refractivity contribution in [2.24, 2.45) is 0 Å². The maximum Gasteiger partial charge on any atom is 0.586 e. The average Bonchev–Trinajstić information content (AvgIpc) is 3.55. The number of anilines is 1. The summed E-state index contributed by atoms with van der Waals surface area (Å²) in [5, 5.41) is 11.6. The van der Waals surface area contributed by atoms with Crippen molar-refractivity contribution in [2.45, 2.75) is 30.7 Å². The second-order valence-electron chi connectivity index (χ2n) is 8.46. The number of aromatic nitrogens is 1. The summed E-state index contributed by atoms with van der Waals surface area (Å²) in [5.41, 5.74) is -3.96. The van der Waals surface area contributed by atoms with Crippen LogP contribution in [0.15, 0.2) is 48.5 Å². The molecule has 5 rings (SSSR count). The number of nitrogens with zero attached hydrogens (tertiary/aromatic N) is 1. The van der Waals surface area contributed by atoms with E-state index < -0.39 is 52.4 Å². The number of ether oxygens (including phenoxy) is 2. The molecule has 1 aliphatic heterocycles. The Labute approximate surface area is 206 Å². The molecule has 1 fully saturated rings. The number of halogens is 6. The van der Waals surface area contributed by atoms with Gasteiger partial charge in [-0.15, -0.1) is 8.78 Å². The average molecular weight is 528 g/mol. The fraction of sp³-hybridized carbons (Fsp3) is 0.208. The van der Waals surface area contributed by atoms with Crippen LogP contribution in [0.1, 0.15) is 37.2 Å².